The molecule has 25 heavy (non-hydrogen) atoms. The van der Waals surface area contributed by atoms with Crippen LogP contribution in [0.15, 0.2) is 41.3 Å². The predicted octanol–water partition coefficient (Wildman–Crippen LogP) is 3.55. The molecule has 0 unspecified atom stereocenters. The van der Waals surface area contributed by atoms with Gasteiger partial charge in [-0.1, -0.05) is 29.8 Å². The molecule has 0 radical (unpaired) electrons. The van der Waals surface area contributed by atoms with Gasteiger partial charge in [0.05, 0.1) is 4.90 Å². The van der Waals surface area contributed by atoms with Crippen LogP contribution in [0.25, 0.3) is 0 Å². The van der Waals surface area contributed by atoms with Gasteiger partial charge in [0, 0.05) is 30.8 Å². The lowest BCUT2D eigenvalue weighted by molar-refractivity contribution is 0.581. The number of hydrogen-bond donors (Lipinski definition) is 1. The summed E-state index contributed by atoms with van der Waals surface area (Å²) >= 11 is 6.03. The number of rotatable bonds is 5. The molecule has 2 aromatic rings. The zero-order valence-electron chi connectivity index (χ0n) is 14.5. The zero-order valence-corrected chi connectivity index (χ0v) is 16.1. The van der Waals surface area contributed by atoms with Crippen LogP contribution in [0.2, 0.25) is 5.02 Å². The monoisotopic (exact) mass is 378 g/mol. The molecule has 0 atom stereocenters. The average molecular weight is 379 g/mol. The van der Waals surface area contributed by atoms with Gasteiger partial charge in [-0.2, -0.15) is 0 Å². The van der Waals surface area contributed by atoms with Gasteiger partial charge in [0.1, 0.15) is 0 Å². The number of hydrogen-bond acceptors (Lipinski definition) is 3. The van der Waals surface area contributed by atoms with Crippen molar-refractivity contribution in [2.45, 2.75) is 31.1 Å². The van der Waals surface area contributed by atoms with Crippen molar-refractivity contribution < 1.29 is 8.42 Å². The molecule has 1 heterocycles. The van der Waals surface area contributed by atoms with Gasteiger partial charge in [-0.15, -0.1) is 0 Å². The lowest BCUT2D eigenvalue weighted by Crippen LogP contribution is -2.26. The molecule has 1 N–H and O–H groups in total. The minimum Gasteiger partial charge on any atom is -0.374 e. The van der Waals surface area contributed by atoms with Crippen LogP contribution >= 0.6 is 11.6 Å². The molecular weight excluding hydrogens is 356 g/mol. The van der Waals surface area contributed by atoms with E-state index in [-0.39, 0.29) is 4.90 Å². The second-order valence-electron chi connectivity index (χ2n) is 6.55. The Bertz CT molecular complexity index is 881. The van der Waals surface area contributed by atoms with Gasteiger partial charge in [-0.25, -0.2) is 13.1 Å². The van der Waals surface area contributed by atoms with Crippen molar-refractivity contribution in [3.05, 3.63) is 58.1 Å². The molecule has 2 aromatic carbocycles. The molecule has 6 heteroatoms. The maximum absolute atomic E-state index is 12.4. The van der Waals surface area contributed by atoms with Gasteiger partial charge in [0.15, 0.2) is 0 Å². The Balaban J connectivity index is 1.65. The number of nitrogens with one attached hydrogen (secondary N) is 1. The van der Waals surface area contributed by atoms with Gasteiger partial charge < -0.3 is 4.90 Å². The molecule has 134 valence electrons. The Morgan fingerprint density at radius 3 is 2.76 bits per heavy atom. The zero-order chi connectivity index (χ0) is 18.0. The standard InChI is InChI=1S/C19H23ClN2O2S/c1-14-5-7-17(13-18(14)20)25(23,24)21-10-9-15-6-8-19-16(12-15)4-3-11-22(19)2/h5-8,12-13,21H,3-4,9-11H2,1-2H3. The first-order chi connectivity index (χ1) is 11.9. The largest absolute Gasteiger partial charge is 0.374 e. The number of sulfonamides is 1. The summed E-state index contributed by atoms with van der Waals surface area (Å²) in [5, 5.41) is 0.460. The van der Waals surface area contributed by atoms with E-state index in [9.17, 15) is 8.42 Å². The molecule has 3 rings (SSSR count). The quantitative estimate of drug-likeness (QED) is 0.865. The summed E-state index contributed by atoms with van der Waals surface area (Å²) in [6, 6.07) is 11.2. The third-order valence-corrected chi connectivity index (χ3v) is 6.52. The summed E-state index contributed by atoms with van der Waals surface area (Å²) < 4.78 is 27.4. The highest BCUT2D eigenvalue weighted by Crippen LogP contribution is 2.27. The van der Waals surface area contributed by atoms with Crippen LogP contribution in [-0.4, -0.2) is 28.6 Å². The van der Waals surface area contributed by atoms with Crippen molar-refractivity contribution in [3.63, 3.8) is 0 Å². The van der Waals surface area contributed by atoms with Crippen LogP contribution in [0.5, 0.6) is 0 Å². The summed E-state index contributed by atoms with van der Waals surface area (Å²) in [5.74, 6) is 0. The van der Waals surface area contributed by atoms with Gasteiger partial charge in [-0.05, 0) is 61.1 Å². The van der Waals surface area contributed by atoms with Crippen molar-refractivity contribution >= 4 is 27.3 Å². The van der Waals surface area contributed by atoms with E-state index >= 15 is 0 Å². The first kappa shape index (κ1) is 18.2. The predicted molar refractivity (Wildman–Crippen MR) is 103 cm³/mol. The van der Waals surface area contributed by atoms with Gasteiger partial charge in [0.2, 0.25) is 10.0 Å². The highest BCUT2D eigenvalue weighted by Gasteiger charge is 2.16. The normalized spacial score (nSPS) is 14.4. The first-order valence-corrected chi connectivity index (χ1v) is 10.3. The van der Waals surface area contributed by atoms with Crippen molar-refractivity contribution in [2.24, 2.45) is 0 Å². The molecule has 0 amide bonds. The number of benzene rings is 2. The Morgan fingerprint density at radius 2 is 2.00 bits per heavy atom. The number of nitrogens with zero attached hydrogens (tertiary/aromatic N) is 1. The number of fused-ring (bicyclic) bond motifs is 1. The van der Waals surface area contributed by atoms with Crippen molar-refractivity contribution in [1.29, 1.82) is 0 Å². The van der Waals surface area contributed by atoms with Crippen LogP contribution in [0, 0.1) is 6.92 Å². The van der Waals surface area contributed by atoms with E-state index in [0.717, 1.165) is 30.5 Å². The maximum atomic E-state index is 12.4. The molecular formula is C19H23ClN2O2S. The molecule has 0 aliphatic carbocycles. The van der Waals surface area contributed by atoms with E-state index in [1.807, 2.05) is 6.92 Å². The van der Waals surface area contributed by atoms with Gasteiger partial charge in [-0.3, -0.25) is 0 Å². The Labute approximate surface area is 154 Å². The Kier molecular flexibility index (Phi) is 5.37. The molecule has 0 spiro atoms. The fraction of sp³-hybridized carbons (Fsp3) is 0.368. The van der Waals surface area contributed by atoms with Crippen molar-refractivity contribution in [2.75, 3.05) is 25.0 Å². The van der Waals surface area contributed by atoms with E-state index in [1.54, 1.807) is 12.1 Å². The Hall–Kier alpha value is -1.56. The summed E-state index contributed by atoms with van der Waals surface area (Å²) in [4.78, 5) is 2.47. The van der Waals surface area contributed by atoms with E-state index in [4.69, 9.17) is 11.6 Å². The van der Waals surface area contributed by atoms with Crippen LogP contribution in [0.1, 0.15) is 23.1 Å². The number of halogens is 1. The summed E-state index contributed by atoms with van der Waals surface area (Å²) in [5.41, 5.74) is 4.64. The number of anilines is 1. The topological polar surface area (TPSA) is 49.4 Å². The van der Waals surface area contributed by atoms with E-state index in [2.05, 4.69) is 34.9 Å². The highest BCUT2D eigenvalue weighted by molar-refractivity contribution is 7.89. The third-order valence-electron chi connectivity index (χ3n) is 4.65. The summed E-state index contributed by atoms with van der Waals surface area (Å²) in [6.45, 7) is 3.30. The fourth-order valence-corrected chi connectivity index (χ4v) is 4.45. The summed E-state index contributed by atoms with van der Waals surface area (Å²) in [7, 11) is -1.43. The van der Waals surface area contributed by atoms with E-state index in [1.165, 1.54) is 17.3 Å². The lowest BCUT2D eigenvalue weighted by Gasteiger charge is -2.27. The van der Waals surface area contributed by atoms with Crippen LogP contribution in [0.4, 0.5) is 5.69 Å². The minimum absolute atomic E-state index is 0.204. The molecule has 1 aliphatic heterocycles. The SMILES string of the molecule is Cc1ccc(S(=O)(=O)NCCc2ccc3c(c2)CCCN3C)cc1Cl. The second kappa shape index (κ2) is 7.36. The Morgan fingerprint density at radius 1 is 1.20 bits per heavy atom. The van der Waals surface area contributed by atoms with Crippen LogP contribution in [-0.2, 0) is 22.9 Å². The maximum Gasteiger partial charge on any atom is 0.240 e. The fourth-order valence-electron chi connectivity index (χ4n) is 3.15. The lowest BCUT2D eigenvalue weighted by atomic mass is 9.98. The third kappa shape index (κ3) is 4.17. The molecule has 0 saturated carbocycles. The number of aryl methyl sites for hydroxylation is 2. The average Bonchev–Trinajstić information content (AvgIpc) is 2.57. The molecule has 0 bridgehead atoms. The second-order valence-corrected chi connectivity index (χ2v) is 8.72. The minimum atomic E-state index is -3.54. The highest BCUT2D eigenvalue weighted by atomic mass is 35.5. The van der Waals surface area contributed by atoms with Crippen LogP contribution < -0.4 is 9.62 Å². The van der Waals surface area contributed by atoms with E-state index in [0.29, 0.717) is 18.0 Å². The van der Waals surface area contributed by atoms with Crippen molar-refractivity contribution in [3.8, 4) is 0 Å². The smallest absolute Gasteiger partial charge is 0.240 e. The van der Waals surface area contributed by atoms with E-state index < -0.39 is 10.0 Å². The molecule has 4 nitrogen and oxygen atoms in total. The molecule has 0 fully saturated rings. The van der Waals surface area contributed by atoms with Gasteiger partial charge in [0.25, 0.3) is 0 Å². The first-order valence-electron chi connectivity index (χ1n) is 8.45. The van der Waals surface area contributed by atoms with Crippen molar-refractivity contribution in [1.82, 2.24) is 4.72 Å². The molecule has 0 saturated heterocycles. The molecule has 1 aliphatic rings. The molecule has 0 aromatic heterocycles. The summed E-state index contributed by atoms with van der Waals surface area (Å²) in [6.07, 6.45) is 2.91. The van der Waals surface area contributed by atoms with Crippen LogP contribution in [0.3, 0.4) is 0 Å². The van der Waals surface area contributed by atoms with Gasteiger partial charge >= 0.3 is 0 Å².